The van der Waals surface area contributed by atoms with Gasteiger partial charge in [-0.05, 0) is 31.0 Å². The Labute approximate surface area is 123 Å². The minimum Gasteiger partial charge on any atom is -0.384 e. The predicted molar refractivity (Wildman–Crippen MR) is 79.8 cm³/mol. The van der Waals surface area contributed by atoms with Crippen LogP contribution in [0.15, 0.2) is 18.2 Å². The summed E-state index contributed by atoms with van der Waals surface area (Å²) >= 11 is 5.91. The third-order valence-corrected chi connectivity index (χ3v) is 3.46. The summed E-state index contributed by atoms with van der Waals surface area (Å²) in [6, 6.07) is 5.09. The zero-order chi connectivity index (χ0) is 14.4. The molecule has 0 bridgehead atoms. The molecule has 0 aromatic heterocycles. The highest BCUT2D eigenvalue weighted by Crippen LogP contribution is 2.21. The number of benzene rings is 1. The van der Waals surface area contributed by atoms with E-state index >= 15 is 0 Å². The Hall–Kier alpha value is -1.70. The number of amides is 2. The Morgan fingerprint density at radius 1 is 1.40 bits per heavy atom. The number of halogens is 1. The standard InChI is InChI=1S/C15H17ClN2O2/c16-12-7-8-14(11(10-12)4-3-9-19)18-15(20)17-13-5-1-2-6-13/h7-8,10,13,19H,1-2,5-6,9H2,(H2,17,18,20). The molecule has 2 amide bonds. The van der Waals surface area contributed by atoms with E-state index in [2.05, 4.69) is 22.5 Å². The monoisotopic (exact) mass is 292 g/mol. The maximum atomic E-state index is 11.9. The third-order valence-electron chi connectivity index (χ3n) is 3.22. The molecule has 1 aliphatic carbocycles. The van der Waals surface area contributed by atoms with Gasteiger partial charge in [-0.3, -0.25) is 0 Å². The van der Waals surface area contributed by atoms with Crippen LogP contribution in [0, 0.1) is 11.8 Å². The lowest BCUT2D eigenvalue weighted by atomic mass is 10.2. The summed E-state index contributed by atoms with van der Waals surface area (Å²) in [5.41, 5.74) is 1.18. The molecular formula is C15H17ClN2O2. The second-order valence-corrected chi connectivity index (χ2v) is 5.17. The molecule has 2 rings (SSSR count). The Morgan fingerprint density at radius 3 is 2.85 bits per heavy atom. The van der Waals surface area contributed by atoms with E-state index in [-0.39, 0.29) is 18.7 Å². The Balaban J connectivity index is 2.05. The molecule has 106 valence electrons. The first-order valence-corrected chi connectivity index (χ1v) is 7.03. The zero-order valence-corrected chi connectivity index (χ0v) is 11.8. The fourth-order valence-corrected chi connectivity index (χ4v) is 2.45. The van der Waals surface area contributed by atoms with Crippen molar-refractivity contribution < 1.29 is 9.90 Å². The third kappa shape index (κ3) is 4.16. The number of carbonyl (C=O) groups excluding carboxylic acids is 1. The summed E-state index contributed by atoms with van der Waals surface area (Å²) in [5, 5.41) is 15.0. The lowest BCUT2D eigenvalue weighted by molar-refractivity contribution is 0.248. The van der Waals surface area contributed by atoms with Crippen LogP contribution in [0.2, 0.25) is 5.02 Å². The number of aliphatic hydroxyl groups is 1. The largest absolute Gasteiger partial charge is 0.384 e. The normalized spacial score (nSPS) is 14.5. The smallest absolute Gasteiger partial charge is 0.319 e. The molecule has 0 heterocycles. The number of nitrogens with one attached hydrogen (secondary N) is 2. The van der Waals surface area contributed by atoms with Gasteiger partial charge in [-0.2, -0.15) is 0 Å². The molecule has 3 N–H and O–H groups in total. The molecule has 4 nitrogen and oxygen atoms in total. The maximum absolute atomic E-state index is 11.9. The summed E-state index contributed by atoms with van der Waals surface area (Å²) in [5.74, 6) is 5.33. The molecule has 1 saturated carbocycles. The zero-order valence-electron chi connectivity index (χ0n) is 11.1. The summed E-state index contributed by atoms with van der Waals surface area (Å²) in [7, 11) is 0. The van der Waals surface area contributed by atoms with Gasteiger partial charge in [0.1, 0.15) is 6.61 Å². The molecule has 0 radical (unpaired) electrons. The predicted octanol–water partition coefficient (Wildman–Crippen LogP) is 2.75. The number of rotatable bonds is 2. The Kier molecular flexibility index (Phi) is 5.28. The van der Waals surface area contributed by atoms with Gasteiger partial charge >= 0.3 is 6.03 Å². The number of aliphatic hydroxyl groups excluding tert-OH is 1. The van der Waals surface area contributed by atoms with Crippen LogP contribution in [-0.2, 0) is 0 Å². The topological polar surface area (TPSA) is 61.4 Å². The quantitative estimate of drug-likeness (QED) is 0.734. The SMILES string of the molecule is O=C(Nc1ccc(Cl)cc1C#CCO)NC1CCCC1. The second-order valence-electron chi connectivity index (χ2n) is 4.73. The van der Waals surface area contributed by atoms with Crippen molar-refractivity contribution >= 4 is 23.3 Å². The lowest BCUT2D eigenvalue weighted by Gasteiger charge is -2.14. The van der Waals surface area contributed by atoms with Gasteiger partial charge in [0.05, 0.1) is 5.69 Å². The van der Waals surface area contributed by atoms with Gasteiger partial charge in [0.25, 0.3) is 0 Å². The van der Waals surface area contributed by atoms with Gasteiger partial charge in [0, 0.05) is 16.6 Å². The first kappa shape index (κ1) is 14.7. The average Bonchev–Trinajstić information content (AvgIpc) is 2.91. The van der Waals surface area contributed by atoms with E-state index in [1.165, 1.54) is 12.8 Å². The van der Waals surface area contributed by atoms with Crippen molar-refractivity contribution in [2.24, 2.45) is 0 Å². The van der Waals surface area contributed by atoms with E-state index in [1.807, 2.05) is 0 Å². The first-order valence-electron chi connectivity index (χ1n) is 6.66. The van der Waals surface area contributed by atoms with Crippen LogP contribution in [0.25, 0.3) is 0 Å². The number of hydrogen-bond donors (Lipinski definition) is 3. The van der Waals surface area contributed by atoms with Crippen LogP contribution in [0.4, 0.5) is 10.5 Å². The van der Waals surface area contributed by atoms with Gasteiger partial charge < -0.3 is 15.7 Å². The van der Waals surface area contributed by atoms with E-state index in [1.54, 1.807) is 18.2 Å². The molecule has 0 atom stereocenters. The lowest BCUT2D eigenvalue weighted by Crippen LogP contribution is -2.36. The van der Waals surface area contributed by atoms with Gasteiger partial charge in [0.2, 0.25) is 0 Å². The Bertz CT molecular complexity index is 543. The molecule has 5 heteroatoms. The fraction of sp³-hybridized carbons (Fsp3) is 0.400. The summed E-state index contributed by atoms with van der Waals surface area (Å²) < 4.78 is 0. The molecule has 0 unspecified atom stereocenters. The van der Waals surface area contributed by atoms with Crippen molar-refractivity contribution in [1.29, 1.82) is 0 Å². The van der Waals surface area contributed by atoms with Crippen molar-refractivity contribution in [3.05, 3.63) is 28.8 Å². The van der Waals surface area contributed by atoms with Crippen LogP contribution >= 0.6 is 11.6 Å². The minimum absolute atomic E-state index is 0.230. The van der Waals surface area contributed by atoms with Crippen molar-refractivity contribution in [2.45, 2.75) is 31.7 Å². The van der Waals surface area contributed by atoms with Crippen molar-refractivity contribution in [3.8, 4) is 11.8 Å². The van der Waals surface area contributed by atoms with E-state index in [4.69, 9.17) is 16.7 Å². The molecule has 1 aromatic rings. The van der Waals surface area contributed by atoms with Gasteiger partial charge in [-0.1, -0.05) is 36.3 Å². The number of carbonyl (C=O) groups is 1. The van der Waals surface area contributed by atoms with E-state index in [0.717, 1.165) is 12.8 Å². The minimum atomic E-state index is -0.236. The van der Waals surface area contributed by atoms with Crippen LogP contribution < -0.4 is 10.6 Å². The highest BCUT2D eigenvalue weighted by atomic mass is 35.5. The van der Waals surface area contributed by atoms with Crippen LogP contribution in [0.5, 0.6) is 0 Å². The molecule has 20 heavy (non-hydrogen) atoms. The Morgan fingerprint density at radius 2 is 2.15 bits per heavy atom. The van der Waals surface area contributed by atoms with Gasteiger partial charge in [-0.25, -0.2) is 4.79 Å². The molecular weight excluding hydrogens is 276 g/mol. The molecule has 1 aromatic carbocycles. The summed E-state index contributed by atoms with van der Waals surface area (Å²) in [4.78, 5) is 11.9. The molecule has 1 fully saturated rings. The van der Waals surface area contributed by atoms with Crippen molar-refractivity contribution in [3.63, 3.8) is 0 Å². The van der Waals surface area contributed by atoms with E-state index in [0.29, 0.717) is 16.3 Å². The highest BCUT2D eigenvalue weighted by molar-refractivity contribution is 6.30. The van der Waals surface area contributed by atoms with E-state index < -0.39 is 0 Å². The molecule has 1 aliphatic rings. The number of anilines is 1. The molecule has 0 spiro atoms. The summed E-state index contributed by atoms with van der Waals surface area (Å²) in [6.07, 6.45) is 4.40. The van der Waals surface area contributed by atoms with Crippen LogP contribution in [0.1, 0.15) is 31.2 Å². The van der Waals surface area contributed by atoms with Gasteiger partial charge in [-0.15, -0.1) is 0 Å². The van der Waals surface area contributed by atoms with E-state index in [9.17, 15) is 4.79 Å². The average molecular weight is 293 g/mol. The number of hydrogen-bond acceptors (Lipinski definition) is 2. The second kappa shape index (κ2) is 7.18. The maximum Gasteiger partial charge on any atom is 0.319 e. The fourth-order valence-electron chi connectivity index (χ4n) is 2.28. The van der Waals surface area contributed by atoms with Crippen molar-refractivity contribution in [2.75, 3.05) is 11.9 Å². The highest BCUT2D eigenvalue weighted by Gasteiger charge is 2.17. The van der Waals surface area contributed by atoms with Crippen LogP contribution in [0.3, 0.4) is 0 Å². The first-order chi connectivity index (χ1) is 9.69. The van der Waals surface area contributed by atoms with Crippen molar-refractivity contribution in [1.82, 2.24) is 5.32 Å². The van der Waals surface area contributed by atoms with Gasteiger partial charge in [0.15, 0.2) is 0 Å². The molecule has 0 aliphatic heterocycles. The van der Waals surface area contributed by atoms with Crippen LogP contribution in [-0.4, -0.2) is 23.8 Å². The summed E-state index contributed by atoms with van der Waals surface area (Å²) in [6.45, 7) is -0.236. The number of urea groups is 1. The molecule has 0 saturated heterocycles.